The van der Waals surface area contributed by atoms with Gasteiger partial charge in [0.25, 0.3) is 0 Å². The highest BCUT2D eigenvalue weighted by molar-refractivity contribution is 5.96. The molecule has 5 nitrogen and oxygen atoms in total. The van der Waals surface area contributed by atoms with E-state index in [0.29, 0.717) is 11.3 Å². The third-order valence-corrected chi connectivity index (χ3v) is 2.46. The Hall–Kier alpha value is -2.04. The summed E-state index contributed by atoms with van der Waals surface area (Å²) in [6, 6.07) is 5.15. The van der Waals surface area contributed by atoms with E-state index in [2.05, 4.69) is 0 Å². The molecule has 0 aliphatic carbocycles. The molecule has 0 heterocycles. The lowest BCUT2D eigenvalue weighted by molar-refractivity contribution is -0.122. The average molecular weight is 236 g/mol. The number of nitrogen functional groups attached to an aromatic ring is 1. The van der Waals surface area contributed by atoms with Gasteiger partial charge in [0.15, 0.2) is 0 Å². The monoisotopic (exact) mass is 236 g/mol. The second-order valence-electron chi connectivity index (χ2n) is 3.94. The summed E-state index contributed by atoms with van der Waals surface area (Å²) in [6.07, 6.45) is 0. The fourth-order valence-corrected chi connectivity index (χ4v) is 1.32. The molecule has 0 aliphatic rings. The van der Waals surface area contributed by atoms with E-state index in [1.165, 1.54) is 0 Å². The Morgan fingerprint density at radius 2 is 2.06 bits per heavy atom. The zero-order chi connectivity index (χ0) is 13.0. The molecule has 1 unspecified atom stereocenters. The van der Waals surface area contributed by atoms with Gasteiger partial charge in [-0.15, -0.1) is 0 Å². The van der Waals surface area contributed by atoms with Crippen LogP contribution in [-0.4, -0.2) is 18.5 Å². The van der Waals surface area contributed by atoms with Crippen LogP contribution in [0.25, 0.3) is 0 Å². The number of carbonyl (C=O) groups excluding carboxylic acids is 2. The van der Waals surface area contributed by atoms with E-state index in [9.17, 15) is 9.59 Å². The topological polar surface area (TPSA) is 95.4 Å². The molecule has 1 atom stereocenters. The van der Waals surface area contributed by atoms with Gasteiger partial charge >= 0.3 is 5.97 Å². The van der Waals surface area contributed by atoms with Crippen molar-refractivity contribution < 1.29 is 14.3 Å². The zero-order valence-corrected chi connectivity index (χ0v) is 9.90. The third-order valence-electron chi connectivity index (χ3n) is 2.46. The largest absolute Gasteiger partial charge is 0.461 e. The number of rotatable bonds is 4. The Balaban J connectivity index is 2.74. The van der Waals surface area contributed by atoms with Gasteiger partial charge in [0, 0.05) is 5.69 Å². The summed E-state index contributed by atoms with van der Waals surface area (Å²) in [6.45, 7) is 3.32. The summed E-state index contributed by atoms with van der Waals surface area (Å²) in [5.41, 5.74) is 12.2. The number of hydrogen-bond acceptors (Lipinski definition) is 4. The summed E-state index contributed by atoms with van der Waals surface area (Å²) in [4.78, 5) is 22.5. The molecule has 0 aliphatic heterocycles. The highest BCUT2D eigenvalue weighted by atomic mass is 16.5. The van der Waals surface area contributed by atoms with Crippen LogP contribution in [0.5, 0.6) is 0 Å². The van der Waals surface area contributed by atoms with Crippen LogP contribution in [0.2, 0.25) is 0 Å². The van der Waals surface area contributed by atoms with Gasteiger partial charge in [-0.25, -0.2) is 4.79 Å². The van der Waals surface area contributed by atoms with Gasteiger partial charge in [0.05, 0.1) is 11.5 Å². The predicted octanol–water partition coefficient (Wildman–Crippen LogP) is 0.855. The predicted molar refractivity (Wildman–Crippen MR) is 64.2 cm³/mol. The standard InChI is InChI=1S/C12H16N2O3/c1-7-4-3-5-9(13)10(7)12(16)17-6-8(2)11(14)15/h3-5,8H,6,13H2,1-2H3,(H2,14,15). The minimum Gasteiger partial charge on any atom is -0.461 e. The molecule has 1 aromatic carbocycles. The first-order chi connectivity index (χ1) is 7.93. The fourth-order valence-electron chi connectivity index (χ4n) is 1.32. The maximum absolute atomic E-state index is 11.8. The van der Waals surface area contributed by atoms with Gasteiger partial charge in [-0.2, -0.15) is 0 Å². The smallest absolute Gasteiger partial charge is 0.340 e. The lowest BCUT2D eigenvalue weighted by Crippen LogP contribution is -2.26. The van der Waals surface area contributed by atoms with Gasteiger partial charge in [-0.3, -0.25) is 4.79 Å². The maximum atomic E-state index is 11.8. The molecular weight excluding hydrogens is 220 g/mol. The number of amides is 1. The Morgan fingerprint density at radius 3 is 2.59 bits per heavy atom. The molecule has 1 amide bonds. The quantitative estimate of drug-likeness (QED) is 0.598. The minimum absolute atomic E-state index is 0.0397. The van der Waals surface area contributed by atoms with Crippen molar-refractivity contribution in [3.05, 3.63) is 29.3 Å². The molecule has 0 spiro atoms. The number of primary amides is 1. The van der Waals surface area contributed by atoms with Crippen LogP contribution in [0.15, 0.2) is 18.2 Å². The molecule has 0 saturated carbocycles. The van der Waals surface area contributed by atoms with E-state index < -0.39 is 17.8 Å². The fraction of sp³-hybridized carbons (Fsp3) is 0.333. The van der Waals surface area contributed by atoms with Crippen LogP contribution >= 0.6 is 0 Å². The molecule has 1 aromatic rings. The van der Waals surface area contributed by atoms with Crippen LogP contribution in [0.3, 0.4) is 0 Å². The van der Waals surface area contributed by atoms with E-state index in [4.69, 9.17) is 16.2 Å². The highest BCUT2D eigenvalue weighted by Gasteiger charge is 2.17. The molecule has 4 N–H and O–H groups in total. The molecule has 0 bridgehead atoms. The molecule has 92 valence electrons. The summed E-state index contributed by atoms with van der Waals surface area (Å²) >= 11 is 0. The lowest BCUT2D eigenvalue weighted by Gasteiger charge is -2.11. The number of nitrogens with two attached hydrogens (primary N) is 2. The van der Waals surface area contributed by atoms with Crippen molar-refractivity contribution in [1.29, 1.82) is 0 Å². The highest BCUT2D eigenvalue weighted by Crippen LogP contribution is 2.17. The molecule has 0 fully saturated rings. The van der Waals surface area contributed by atoms with Crippen molar-refractivity contribution in [2.75, 3.05) is 12.3 Å². The number of esters is 1. The first-order valence-corrected chi connectivity index (χ1v) is 5.25. The average Bonchev–Trinajstić information content (AvgIpc) is 2.25. The van der Waals surface area contributed by atoms with Gasteiger partial charge in [0.2, 0.25) is 5.91 Å². The number of carbonyl (C=O) groups is 2. The van der Waals surface area contributed by atoms with Gasteiger partial charge in [-0.1, -0.05) is 19.1 Å². The number of benzene rings is 1. The normalized spacial score (nSPS) is 11.9. The van der Waals surface area contributed by atoms with Crippen molar-refractivity contribution in [3.63, 3.8) is 0 Å². The Morgan fingerprint density at radius 1 is 1.41 bits per heavy atom. The second kappa shape index (κ2) is 5.34. The van der Waals surface area contributed by atoms with E-state index >= 15 is 0 Å². The van der Waals surface area contributed by atoms with E-state index in [-0.39, 0.29) is 6.61 Å². The van der Waals surface area contributed by atoms with Gasteiger partial charge < -0.3 is 16.2 Å². The minimum atomic E-state index is -0.534. The summed E-state index contributed by atoms with van der Waals surface area (Å²) in [5, 5.41) is 0. The Kier molecular flexibility index (Phi) is 4.09. The van der Waals surface area contributed by atoms with E-state index in [0.717, 1.165) is 5.56 Å². The Bertz CT molecular complexity index is 423. The second-order valence-corrected chi connectivity index (χ2v) is 3.94. The molecule has 0 aromatic heterocycles. The van der Waals surface area contributed by atoms with Crippen molar-refractivity contribution in [1.82, 2.24) is 0 Å². The number of aryl methyl sites for hydroxylation is 1. The van der Waals surface area contributed by atoms with Crippen molar-refractivity contribution in [3.8, 4) is 0 Å². The molecule has 1 rings (SSSR count). The van der Waals surface area contributed by atoms with E-state index in [1.54, 1.807) is 32.0 Å². The van der Waals surface area contributed by atoms with Crippen molar-refractivity contribution in [2.24, 2.45) is 11.7 Å². The SMILES string of the molecule is Cc1cccc(N)c1C(=O)OCC(C)C(N)=O. The summed E-state index contributed by atoms with van der Waals surface area (Å²) < 4.78 is 4.99. The van der Waals surface area contributed by atoms with Crippen LogP contribution in [-0.2, 0) is 9.53 Å². The molecule has 17 heavy (non-hydrogen) atoms. The molecule has 0 saturated heterocycles. The number of hydrogen-bond donors (Lipinski definition) is 2. The van der Waals surface area contributed by atoms with Crippen LogP contribution in [0.1, 0.15) is 22.8 Å². The Labute approximate surface area is 99.7 Å². The number of ether oxygens (including phenoxy) is 1. The summed E-state index contributed by atoms with van der Waals surface area (Å²) in [5.74, 6) is -1.55. The van der Waals surface area contributed by atoms with Crippen molar-refractivity contribution in [2.45, 2.75) is 13.8 Å². The first kappa shape index (κ1) is 13.0. The first-order valence-electron chi connectivity index (χ1n) is 5.25. The third kappa shape index (κ3) is 3.21. The van der Waals surface area contributed by atoms with Gasteiger partial charge in [-0.05, 0) is 18.6 Å². The maximum Gasteiger partial charge on any atom is 0.340 e. The molecule has 5 heteroatoms. The lowest BCUT2D eigenvalue weighted by atomic mass is 10.1. The van der Waals surface area contributed by atoms with Gasteiger partial charge in [0.1, 0.15) is 6.61 Å². The van der Waals surface area contributed by atoms with E-state index in [1.807, 2.05) is 0 Å². The molecular formula is C12H16N2O3. The van der Waals surface area contributed by atoms with Crippen LogP contribution in [0, 0.1) is 12.8 Å². The number of anilines is 1. The molecule has 0 radical (unpaired) electrons. The van der Waals surface area contributed by atoms with Crippen molar-refractivity contribution >= 4 is 17.6 Å². The van der Waals surface area contributed by atoms with Crippen LogP contribution in [0.4, 0.5) is 5.69 Å². The summed E-state index contributed by atoms with van der Waals surface area (Å²) in [7, 11) is 0. The zero-order valence-electron chi connectivity index (χ0n) is 9.90. The van der Waals surface area contributed by atoms with Crippen LogP contribution < -0.4 is 11.5 Å².